The summed E-state index contributed by atoms with van der Waals surface area (Å²) in [6.45, 7) is 5.22. The van der Waals surface area contributed by atoms with Gasteiger partial charge in [0.05, 0.1) is 28.6 Å². The molecule has 13 nitrogen and oxygen atoms in total. The van der Waals surface area contributed by atoms with Gasteiger partial charge in [0.25, 0.3) is 0 Å². The molecule has 0 atom stereocenters. The Hall–Kier alpha value is -6.13. The molecule has 13 heteroatoms. The molecule has 0 fully saturated rings. The first-order valence-corrected chi connectivity index (χ1v) is 13.5. The van der Waals surface area contributed by atoms with Gasteiger partial charge in [-0.2, -0.15) is 14.9 Å². The number of fused-ring (bicyclic) bond motifs is 2. The van der Waals surface area contributed by atoms with Crippen LogP contribution in [0.15, 0.2) is 77.7 Å². The Kier molecular flexibility index (Phi) is 6.08. The van der Waals surface area contributed by atoms with Crippen molar-refractivity contribution in [3.63, 3.8) is 0 Å². The molecule has 3 N–H and O–H groups in total. The Morgan fingerprint density at radius 2 is 1.93 bits per heavy atom. The molecule has 0 unspecified atom stereocenters. The van der Waals surface area contributed by atoms with Crippen LogP contribution in [0.3, 0.4) is 0 Å². The van der Waals surface area contributed by atoms with Crippen LogP contribution in [-0.2, 0) is 5.60 Å². The molecule has 7 aromatic rings. The number of furan rings is 1. The van der Waals surface area contributed by atoms with Gasteiger partial charge >= 0.3 is 0 Å². The fourth-order valence-corrected chi connectivity index (χ4v) is 4.93. The van der Waals surface area contributed by atoms with Crippen molar-refractivity contribution in [2.24, 2.45) is 0 Å². The Labute approximate surface area is 249 Å². The Bertz CT molecular complexity index is 2240. The first kappa shape index (κ1) is 26.7. The average molecular weight is 585 g/mol. The van der Waals surface area contributed by atoms with E-state index in [9.17, 15) is 10.4 Å². The fraction of sp³-hybridized carbons (Fsp3) is 0.129. The van der Waals surface area contributed by atoms with Gasteiger partial charge in [0.15, 0.2) is 11.6 Å². The summed E-state index contributed by atoms with van der Waals surface area (Å²) in [7, 11) is 0. The second-order valence-corrected chi connectivity index (χ2v) is 10.6. The van der Waals surface area contributed by atoms with E-state index in [4.69, 9.17) is 14.9 Å². The second-order valence-electron chi connectivity index (χ2n) is 10.6. The van der Waals surface area contributed by atoms with Crippen LogP contribution in [0.2, 0.25) is 0 Å². The van der Waals surface area contributed by atoms with E-state index in [-0.39, 0.29) is 23.1 Å². The molecule has 0 saturated carbocycles. The summed E-state index contributed by atoms with van der Waals surface area (Å²) < 4.78 is 15.2. The van der Waals surface area contributed by atoms with E-state index < -0.39 is 5.60 Å². The summed E-state index contributed by atoms with van der Waals surface area (Å²) >= 11 is 0. The fourth-order valence-electron chi connectivity index (χ4n) is 4.93. The Balaban J connectivity index is 1.41. The van der Waals surface area contributed by atoms with Crippen LogP contribution < -0.4 is 10.5 Å². The highest BCUT2D eigenvalue weighted by Gasteiger charge is 2.24. The summed E-state index contributed by atoms with van der Waals surface area (Å²) in [5.41, 5.74) is 10.1. The van der Waals surface area contributed by atoms with Gasteiger partial charge in [-0.3, -0.25) is 0 Å². The van der Waals surface area contributed by atoms with Gasteiger partial charge in [-0.15, -0.1) is 5.10 Å². The van der Waals surface area contributed by atoms with Gasteiger partial charge in [-0.1, -0.05) is 11.3 Å². The maximum absolute atomic E-state index is 10.4. The zero-order valence-electron chi connectivity index (χ0n) is 23.8. The molecule has 7 rings (SSSR count). The number of rotatable bonds is 6. The number of benzene rings is 1. The molecule has 0 saturated heterocycles. The predicted molar refractivity (Wildman–Crippen MR) is 160 cm³/mol. The number of nitrogen functional groups attached to an aromatic ring is 1. The molecule has 0 aliphatic carbocycles. The number of ether oxygens (including phenoxy) is 1. The van der Waals surface area contributed by atoms with Crippen molar-refractivity contribution in [3.05, 3.63) is 90.2 Å². The van der Waals surface area contributed by atoms with Gasteiger partial charge in [-0.05, 0) is 57.2 Å². The molecular formula is C31H24N10O3. The van der Waals surface area contributed by atoms with E-state index in [1.54, 1.807) is 68.8 Å². The first-order valence-electron chi connectivity index (χ1n) is 13.5. The maximum Gasteiger partial charge on any atom is 0.222 e. The number of aromatic nitrogens is 8. The average Bonchev–Trinajstić information content (AvgIpc) is 3.76. The second kappa shape index (κ2) is 10.0. The molecule has 0 aliphatic heterocycles. The number of imidazole rings is 1. The van der Waals surface area contributed by atoms with Crippen LogP contribution in [0.4, 0.5) is 5.95 Å². The van der Waals surface area contributed by atoms with Crippen molar-refractivity contribution in [1.82, 2.24) is 39.3 Å². The molecular weight excluding hydrogens is 560 g/mol. The molecule has 0 aliphatic rings. The Morgan fingerprint density at radius 3 is 2.70 bits per heavy atom. The minimum Gasteiger partial charge on any atom is -0.463 e. The summed E-state index contributed by atoms with van der Waals surface area (Å²) in [6, 6.07) is 17.8. The predicted octanol–water partition coefficient (Wildman–Crippen LogP) is 4.96. The van der Waals surface area contributed by atoms with Crippen molar-refractivity contribution in [2.45, 2.75) is 26.4 Å². The zero-order valence-corrected chi connectivity index (χ0v) is 23.8. The molecule has 6 aromatic heterocycles. The quantitative estimate of drug-likeness (QED) is 0.270. The Morgan fingerprint density at radius 1 is 1.07 bits per heavy atom. The van der Waals surface area contributed by atoms with E-state index in [0.717, 1.165) is 16.9 Å². The summed E-state index contributed by atoms with van der Waals surface area (Å²) in [6.07, 6.45) is 5.28. The van der Waals surface area contributed by atoms with Crippen LogP contribution in [0, 0.1) is 18.3 Å². The number of nitriles is 1. The van der Waals surface area contributed by atoms with Crippen molar-refractivity contribution >= 4 is 22.6 Å². The van der Waals surface area contributed by atoms with E-state index >= 15 is 0 Å². The number of hydrogen-bond donors (Lipinski definition) is 2. The third-order valence-electron chi connectivity index (χ3n) is 7.07. The van der Waals surface area contributed by atoms with Gasteiger partial charge in [0.1, 0.15) is 34.3 Å². The molecule has 0 amide bonds. The highest BCUT2D eigenvalue weighted by molar-refractivity contribution is 5.88. The lowest BCUT2D eigenvalue weighted by Crippen LogP contribution is -2.17. The number of pyridine rings is 2. The molecule has 216 valence electrons. The molecule has 44 heavy (non-hydrogen) atoms. The van der Waals surface area contributed by atoms with Gasteiger partial charge < -0.3 is 24.4 Å². The summed E-state index contributed by atoms with van der Waals surface area (Å²) in [5.74, 6) is 1.26. The van der Waals surface area contributed by atoms with Crippen molar-refractivity contribution in [3.8, 4) is 46.1 Å². The SMILES string of the molecule is Cc1cnc2ccc(-c3c(-c4ccco4)nc(N)nc3-n3nnc4cc(Oc5cccc(C(C)(C)O)n5)c(C#N)cc43)cn12. The molecule has 0 bridgehead atoms. The number of anilines is 1. The normalized spacial score (nSPS) is 11.7. The zero-order chi connectivity index (χ0) is 30.6. The smallest absolute Gasteiger partial charge is 0.222 e. The van der Waals surface area contributed by atoms with Crippen LogP contribution >= 0.6 is 0 Å². The highest BCUT2D eigenvalue weighted by atomic mass is 16.5. The maximum atomic E-state index is 10.4. The number of aryl methyl sites for hydroxylation is 1. The molecule has 1 aromatic carbocycles. The van der Waals surface area contributed by atoms with Crippen molar-refractivity contribution < 1.29 is 14.3 Å². The lowest BCUT2D eigenvalue weighted by molar-refractivity contribution is 0.0733. The minimum atomic E-state index is -1.17. The number of aliphatic hydroxyl groups is 1. The topological polar surface area (TPSA) is 179 Å². The number of nitrogens with two attached hydrogens (primary N) is 1. The monoisotopic (exact) mass is 584 g/mol. The number of nitrogens with zero attached hydrogens (tertiary/aromatic N) is 9. The molecule has 6 heterocycles. The first-order chi connectivity index (χ1) is 21.2. The van der Waals surface area contributed by atoms with Gasteiger partial charge in [0, 0.05) is 35.8 Å². The van der Waals surface area contributed by atoms with E-state index in [2.05, 4.69) is 36.3 Å². The largest absolute Gasteiger partial charge is 0.463 e. The highest BCUT2D eigenvalue weighted by Crippen LogP contribution is 2.37. The van der Waals surface area contributed by atoms with Gasteiger partial charge in [-0.25, -0.2) is 15.0 Å². The standard InChI is InChI=1S/C31H24N10O3/c1-17-15-34-25-10-9-18(16-40(17)25)27-28(22-6-5-11-43-22)36-30(33)37-29(27)41-21-12-19(14-32)23(13-20(21)38-39-41)44-26-8-4-7-24(35-26)31(2,3)42/h4-13,15-16,42H,1-3H3,(H2,33,36,37). The van der Waals surface area contributed by atoms with E-state index in [0.29, 0.717) is 39.6 Å². The lowest BCUT2D eigenvalue weighted by atomic mass is 10.0. The van der Waals surface area contributed by atoms with Crippen LogP contribution in [-0.4, -0.2) is 44.4 Å². The van der Waals surface area contributed by atoms with Gasteiger partial charge in [0.2, 0.25) is 11.8 Å². The van der Waals surface area contributed by atoms with Crippen LogP contribution in [0.25, 0.3) is 45.1 Å². The molecule has 0 spiro atoms. The number of hydrogen-bond acceptors (Lipinski definition) is 11. The van der Waals surface area contributed by atoms with E-state index in [1.807, 2.05) is 29.7 Å². The summed E-state index contributed by atoms with van der Waals surface area (Å²) in [5, 5.41) is 29.2. The van der Waals surface area contributed by atoms with Crippen molar-refractivity contribution in [2.75, 3.05) is 5.73 Å². The van der Waals surface area contributed by atoms with Crippen molar-refractivity contribution in [1.29, 1.82) is 5.26 Å². The third kappa shape index (κ3) is 4.55. The third-order valence-corrected chi connectivity index (χ3v) is 7.07. The van der Waals surface area contributed by atoms with E-state index in [1.165, 1.54) is 4.68 Å². The lowest BCUT2D eigenvalue weighted by Gasteiger charge is -2.17. The summed E-state index contributed by atoms with van der Waals surface area (Å²) in [4.78, 5) is 18.0. The van der Waals surface area contributed by atoms with Crippen LogP contribution in [0.5, 0.6) is 11.6 Å². The minimum absolute atomic E-state index is 0.00286. The van der Waals surface area contributed by atoms with Crippen LogP contribution in [0.1, 0.15) is 30.8 Å². The molecule has 0 radical (unpaired) electrons.